The van der Waals surface area contributed by atoms with E-state index in [0.29, 0.717) is 24.1 Å². The van der Waals surface area contributed by atoms with Crippen LogP contribution in [0.4, 0.5) is 13.2 Å². The van der Waals surface area contributed by atoms with Gasteiger partial charge < -0.3 is 15.4 Å². The second kappa shape index (κ2) is 7.00. The Morgan fingerprint density at radius 2 is 1.86 bits per heavy atom. The fraction of sp³-hybridized carbons (Fsp3) is 0.533. The number of hydrogen-bond acceptors (Lipinski definition) is 2. The Bertz CT molecular complexity index is 510. The zero-order valence-electron chi connectivity index (χ0n) is 12.4. The molecular formula is C15H20F3N3O. The van der Waals surface area contributed by atoms with E-state index in [1.165, 1.54) is 0 Å². The number of ether oxygens (including phenoxy) is 1. The van der Waals surface area contributed by atoms with Crippen molar-refractivity contribution in [1.29, 1.82) is 0 Å². The zero-order valence-corrected chi connectivity index (χ0v) is 12.4. The van der Waals surface area contributed by atoms with Crippen LogP contribution in [0.15, 0.2) is 29.3 Å². The molecule has 0 saturated heterocycles. The highest BCUT2D eigenvalue weighted by Crippen LogP contribution is 2.25. The first-order chi connectivity index (χ1) is 10.3. The molecular weight excluding hydrogens is 295 g/mol. The predicted molar refractivity (Wildman–Crippen MR) is 78.3 cm³/mol. The molecule has 7 heteroatoms. The standard InChI is InChI=1S/C15H20F3N3O/c1-21(13-6-7-13)14(19)20-8-11-2-4-12(5-3-11)9-22-10-15(16,17)18/h2-5,13H,6-10H2,1H3,(H2,19,20). The van der Waals surface area contributed by atoms with Gasteiger partial charge in [-0.15, -0.1) is 0 Å². The van der Waals surface area contributed by atoms with E-state index < -0.39 is 12.8 Å². The zero-order chi connectivity index (χ0) is 16.2. The summed E-state index contributed by atoms with van der Waals surface area (Å²) in [6.07, 6.45) is -1.99. The molecule has 2 N–H and O–H groups in total. The predicted octanol–water partition coefficient (Wildman–Crippen LogP) is 2.67. The van der Waals surface area contributed by atoms with Gasteiger partial charge in [-0.1, -0.05) is 24.3 Å². The van der Waals surface area contributed by atoms with Crippen molar-refractivity contribution in [3.05, 3.63) is 35.4 Å². The molecule has 0 aliphatic heterocycles. The maximum absolute atomic E-state index is 12.0. The summed E-state index contributed by atoms with van der Waals surface area (Å²) >= 11 is 0. The molecule has 0 atom stereocenters. The van der Waals surface area contributed by atoms with E-state index in [-0.39, 0.29) is 6.61 Å². The highest BCUT2D eigenvalue weighted by Gasteiger charge is 2.27. The number of hydrogen-bond donors (Lipinski definition) is 1. The Labute approximate surface area is 127 Å². The number of rotatable bonds is 6. The van der Waals surface area contributed by atoms with E-state index in [2.05, 4.69) is 9.73 Å². The number of aliphatic imine (C=N–C) groups is 1. The van der Waals surface area contributed by atoms with Crippen molar-refractivity contribution in [3.8, 4) is 0 Å². The average molecular weight is 315 g/mol. The number of halogens is 3. The quantitative estimate of drug-likeness (QED) is 0.648. The van der Waals surface area contributed by atoms with Crippen LogP contribution in [0, 0.1) is 0 Å². The summed E-state index contributed by atoms with van der Waals surface area (Å²) in [7, 11) is 1.93. The summed E-state index contributed by atoms with van der Waals surface area (Å²) in [5, 5.41) is 0. The molecule has 0 unspecified atom stereocenters. The van der Waals surface area contributed by atoms with Gasteiger partial charge in [-0.3, -0.25) is 0 Å². The first-order valence-electron chi connectivity index (χ1n) is 7.10. The molecule has 1 aromatic rings. The van der Waals surface area contributed by atoms with Crippen LogP contribution < -0.4 is 5.73 Å². The van der Waals surface area contributed by atoms with Crippen molar-refractivity contribution < 1.29 is 17.9 Å². The van der Waals surface area contributed by atoms with E-state index in [0.717, 1.165) is 18.4 Å². The number of alkyl halides is 3. The lowest BCUT2D eigenvalue weighted by molar-refractivity contribution is -0.176. The lowest BCUT2D eigenvalue weighted by Crippen LogP contribution is -2.35. The summed E-state index contributed by atoms with van der Waals surface area (Å²) in [4.78, 5) is 6.29. The molecule has 0 radical (unpaired) electrons. The van der Waals surface area contributed by atoms with Crippen LogP contribution in [0.1, 0.15) is 24.0 Å². The van der Waals surface area contributed by atoms with Crippen molar-refractivity contribution in [2.75, 3.05) is 13.7 Å². The normalized spacial score (nSPS) is 15.9. The maximum Gasteiger partial charge on any atom is 0.411 e. The van der Waals surface area contributed by atoms with E-state index in [1.807, 2.05) is 24.1 Å². The maximum atomic E-state index is 12.0. The Hall–Kier alpha value is -1.76. The second-order valence-corrected chi connectivity index (χ2v) is 5.44. The van der Waals surface area contributed by atoms with Crippen molar-refractivity contribution in [2.24, 2.45) is 10.7 Å². The Morgan fingerprint density at radius 3 is 2.41 bits per heavy atom. The third kappa shape index (κ3) is 5.55. The highest BCUT2D eigenvalue weighted by molar-refractivity contribution is 5.78. The van der Waals surface area contributed by atoms with Gasteiger partial charge in [0, 0.05) is 13.1 Å². The molecule has 1 aliphatic rings. The van der Waals surface area contributed by atoms with E-state index in [1.54, 1.807) is 12.1 Å². The molecule has 0 bridgehead atoms. The molecule has 22 heavy (non-hydrogen) atoms. The van der Waals surface area contributed by atoms with Gasteiger partial charge in [-0.2, -0.15) is 13.2 Å². The van der Waals surface area contributed by atoms with Gasteiger partial charge in [0.2, 0.25) is 0 Å². The van der Waals surface area contributed by atoms with Crippen molar-refractivity contribution in [1.82, 2.24) is 4.90 Å². The third-order valence-corrected chi connectivity index (χ3v) is 3.44. The lowest BCUT2D eigenvalue weighted by atomic mass is 10.1. The van der Waals surface area contributed by atoms with Crippen LogP contribution in [-0.4, -0.2) is 36.7 Å². The first-order valence-corrected chi connectivity index (χ1v) is 7.10. The molecule has 4 nitrogen and oxygen atoms in total. The minimum absolute atomic E-state index is 0.0599. The lowest BCUT2D eigenvalue weighted by Gasteiger charge is -2.16. The van der Waals surface area contributed by atoms with Gasteiger partial charge in [0.15, 0.2) is 5.96 Å². The average Bonchev–Trinajstić information content (AvgIpc) is 3.28. The van der Waals surface area contributed by atoms with Crippen LogP contribution in [0.3, 0.4) is 0 Å². The Morgan fingerprint density at radius 1 is 1.27 bits per heavy atom. The van der Waals surface area contributed by atoms with E-state index in [4.69, 9.17) is 5.73 Å². The second-order valence-electron chi connectivity index (χ2n) is 5.44. The SMILES string of the molecule is CN(C(N)=NCc1ccc(COCC(F)(F)F)cc1)C1CC1. The molecule has 1 saturated carbocycles. The van der Waals surface area contributed by atoms with E-state index in [9.17, 15) is 13.2 Å². The molecule has 0 aromatic heterocycles. The minimum Gasteiger partial charge on any atom is -0.370 e. The fourth-order valence-corrected chi connectivity index (χ4v) is 1.96. The van der Waals surface area contributed by atoms with Crippen LogP contribution >= 0.6 is 0 Å². The summed E-state index contributed by atoms with van der Waals surface area (Å²) in [6.45, 7) is -0.842. The van der Waals surface area contributed by atoms with Gasteiger partial charge in [0.25, 0.3) is 0 Å². The van der Waals surface area contributed by atoms with Gasteiger partial charge in [-0.25, -0.2) is 4.99 Å². The fourth-order valence-electron chi connectivity index (χ4n) is 1.96. The van der Waals surface area contributed by atoms with Crippen LogP contribution in [-0.2, 0) is 17.9 Å². The topological polar surface area (TPSA) is 50.8 Å². The number of nitrogens with two attached hydrogens (primary N) is 1. The molecule has 1 fully saturated rings. The Balaban J connectivity index is 1.80. The largest absolute Gasteiger partial charge is 0.411 e. The number of nitrogens with zero attached hydrogens (tertiary/aromatic N) is 2. The summed E-state index contributed by atoms with van der Waals surface area (Å²) < 4.78 is 40.5. The van der Waals surface area contributed by atoms with Crippen LogP contribution in [0.2, 0.25) is 0 Å². The van der Waals surface area contributed by atoms with E-state index >= 15 is 0 Å². The molecule has 0 heterocycles. The van der Waals surface area contributed by atoms with Gasteiger partial charge >= 0.3 is 6.18 Å². The molecule has 1 aromatic carbocycles. The number of guanidine groups is 1. The van der Waals surface area contributed by atoms with Gasteiger partial charge in [-0.05, 0) is 24.0 Å². The first kappa shape index (κ1) is 16.6. The van der Waals surface area contributed by atoms with Crippen molar-refractivity contribution in [2.45, 2.75) is 38.2 Å². The molecule has 122 valence electrons. The highest BCUT2D eigenvalue weighted by atomic mass is 19.4. The van der Waals surface area contributed by atoms with Gasteiger partial charge in [0.05, 0.1) is 13.2 Å². The number of benzene rings is 1. The third-order valence-electron chi connectivity index (χ3n) is 3.44. The molecule has 0 spiro atoms. The molecule has 0 amide bonds. The Kier molecular flexibility index (Phi) is 5.28. The smallest absolute Gasteiger partial charge is 0.370 e. The monoisotopic (exact) mass is 315 g/mol. The van der Waals surface area contributed by atoms with Crippen LogP contribution in [0.5, 0.6) is 0 Å². The van der Waals surface area contributed by atoms with Crippen molar-refractivity contribution >= 4 is 5.96 Å². The minimum atomic E-state index is -4.29. The summed E-state index contributed by atoms with van der Waals surface area (Å²) in [5.41, 5.74) is 7.54. The summed E-state index contributed by atoms with van der Waals surface area (Å²) in [5.74, 6) is 0.514. The van der Waals surface area contributed by atoms with Gasteiger partial charge in [0.1, 0.15) is 6.61 Å². The summed E-state index contributed by atoms with van der Waals surface area (Å²) in [6, 6.07) is 7.63. The molecule has 2 rings (SSSR count). The van der Waals surface area contributed by atoms with Crippen LogP contribution in [0.25, 0.3) is 0 Å². The molecule has 1 aliphatic carbocycles. The van der Waals surface area contributed by atoms with Crippen molar-refractivity contribution in [3.63, 3.8) is 0 Å².